The zero-order chi connectivity index (χ0) is 28.8. The zero-order valence-corrected chi connectivity index (χ0v) is 23.0. The van der Waals surface area contributed by atoms with Gasteiger partial charge in [0.2, 0.25) is 12.0 Å². The first kappa shape index (κ1) is 26.8. The molecule has 4 aliphatic rings. The fourth-order valence-corrected chi connectivity index (χ4v) is 6.74. The summed E-state index contributed by atoms with van der Waals surface area (Å²) in [6.45, 7) is 9.24. The van der Waals surface area contributed by atoms with Crippen molar-refractivity contribution < 1.29 is 39.2 Å². The summed E-state index contributed by atoms with van der Waals surface area (Å²) in [6.07, 6.45) is -6.58. The van der Waals surface area contributed by atoms with Crippen LogP contribution in [0.25, 0.3) is 5.57 Å². The molecule has 0 saturated carbocycles. The number of benzene rings is 2. The largest absolute Gasteiger partial charge is 0.436 e. The average molecular weight is 548 g/mol. The molecule has 6 rings (SSSR count). The summed E-state index contributed by atoms with van der Waals surface area (Å²) >= 11 is 0. The van der Waals surface area contributed by atoms with E-state index in [-0.39, 0.29) is 39.7 Å². The van der Waals surface area contributed by atoms with Crippen LogP contribution in [0.5, 0.6) is 0 Å². The van der Waals surface area contributed by atoms with E-state index in [9.17, 15) is 29.7 Å². The number of rotatable bonds is 3. The van der Waals surface area contributed by atoms with Crippen molar-refractivity contribution in [3.63, 3.8) is 0 Å². The molecule has 210 valence electrons. The Hall–Kier alpha value is -3.37. The Bertz CT molecular complexity index is 1490. The number of nitrogens with zero attached hydrogens (tertiary/aromatic N) is 1. The number of aliphatic hydroxyl groups is 3. The molecule has 3 aliphatic heterocycles. The highest BCUT2D eigenvalue weighted by Gasteiger charge is 2.55. The molecule has 3 heterocycles. The Labute approximate surface area is 232 Å². The second-order valence-corrected chi connectivity index (χ2v) is 11.5. The summed E-state index contributed by atoms with van der Waals surface area (Å²) in [7, 11) is 0. The smallest absolute Gasteiger partial charge is 0.331 e. The number of allylic oxidation sites excluding steroid dienone is 2. The summed E-state index contributed by atoms with van der Waals surface area (Å²) in [5.41, 5.74) is 3.79. The Balaban J connectivity index is 1.60. The van der Waals surface area contributed by atoms with Gasteiger partial charge in [-0.15, -0.1) is 0 Å². The van der Waals surface area contributed by atoms with Crippen LogP contribution in [0, 0.1) is 19.8 Å². The van der Waals surface area contributed by atoms with Crippen LogP contribution in [0.3, 0.4) is 0 Å². The molecule has 3 N–H and O–H groups in total. The molecule has 0 spiro atoms. The fraction of sp³-hybridized carbons (Fsp3) is 0.452. The lowest BCUT2D eigenvalue weighted by atomic mass is 9.75. The number of hydrogen-bond acceptors (Lipinski definition) is 9. The molecule has 0 amide bonds. The monoisotopic (exact) mass is 547 g/mol. The number of aryl methyl sites for hydroxylation is 2. The fourth-order valence-electron chi connectivity index (χ4n) is 6.74. The second kappa shape index (κ2) is 9.34. The first-order chi connectivity index (χ1) is 19.0. The number of carbonyl (C=O) groups is 3. The number of carbonyl (C=O) groups excluding carboxylic acids is 3. The van der Waals surface area contributed by atoms with Crippen LogP contribution in [0.15, 0.2) is 36.0 Å². The molecule has 9 heteroatoms. The topological polar surface area (TPSA) is 134 Å². The third kappa shape index (κ3) is 3.58. The highest BCUT2D eigenvalue weighted by atomic mass is 16.6. The third-order valence-electron chi connectivity index (χ3n) is 8.90. The van der Waals surface area contributed by atoms with E-state index in [4.69, 9.17) is 9.47 Å². The molecule has 40 heavy (non-hydrogen) atoms. The van der Waals surface area contributed by atoms with Crippen molar-refractivity contribution in [2.75, 3.05) is 0 Å². The maximum absolute atomic E-state index is 14.6. The van der Waals surface area contributed by atoms with Gasteiger partial charge in [-0.05, 0) is 49.4 Å². The lowest BCUT2D eigenvalue weighted by molar-refractivity contribution is -0.219. The van der Waals surface area contributed by atoms with Gasteiger partial charge in [-0.3, -0.25) is 9.59 Å². The lowest BCUT2D eigenvalue weighted by Gasteiger charge is -2.42. The van der Waals surface area contributed by atoms with Gasteiger partial charge in [0, 0.05) is 16.7 Å². The van der Waals surface area contributed by atoms with Gasteiger partial charge in [0.15, 0.2) is 5.78 Å². The van der Waals surface area contributed by atoms with Crippen LogP contribution in [-0.4, -0.2) is 68.2 Å². The van der Waals surface area contributed by atoms with Crippen molar-refractivity contribution in [1.29, 1.82) is 0 Å². The number of Topliss-reactive ketones (excluding diaryl/α,β-unsaturated/α-hetero) is 2. The minimum absolute atomic E-state index is 0.0558. The summed E-state index contributed by atoms with van der Waals surface area (Å²) in [4.78, 5) is 43.9. The van der Waals surface area contributed by atoms with Gasteiger partial charge < -0.3 is 29.7 Å². The second-order valence-electron chi connectivity index (χ2n) is 11.5. The van der Waals surface area contributed by atoms with Crippen LogP contribution in [0.2, 0.25) is 0 Å². The summed E-state index contributed by atoms with van der Waals surface area (Å²) < 4.78 is 11.8. The quantitative estimate of drug-likeness (QED) is 0.496. The molecular formula is C31H33NO8. The van der Waals surface area contributed by atoms with E-state index in [1.165, 1.54) is 0 Å². The molecule has 9 nitrogen and oxygen atoms in total. The predicted octanol–water partition coefficient (Wildman–Crippen LogP) is 2.92. The van der Waals surface area contributed by atoms with Crippen LogP contribution in [0.4, 0.5) is 0 Å². The minimum Gasteiger partial charge on any atom is -0.436 e. The van der Waals surface area contributed by atoms with Gasteiger partial charge in [0.25, 0.3) is 0 Å². The van der Waals surface area contributed by atoms with Crippen molar-refractivity contribution in [2.24, 2.45) is 5.92 Å². The summed E-state index contributed by atoms with van der Waals surface area (Å²) in [5, 5.41) is 31.6. The Kier molecular flexibility index (Phi) is 6.27. The van der Waals surface area contributed by atoms with Gasteiger partial charge >= 0.3 is 5.97 Å². The Morgan fingerprint density at radius 2 is 1.68 bits per heavy atom. The number of aliphatic hydroxyl groups excluding tert-OH is 3. The lowest BCUT2D eigenvalue weighted by Crippen LogP contribution is -2.53. The molecule has 2 saturated heterocycles. The van der Waals surface area contributed by atoms with E-state index in [1.54, 1.807) is 30.0 Å². The first-order valence-corrected chi connectivity index (χ1v) is 13.7. The third-order valence-corrected chi connectivity index (χ3v) is 8.90. The highest BCUT2D eigenvalue weighted by molar-refractivity contribution is 6.41. The van der Waals surface area contributed by atoms with Gasteiger partial charge in [-0.2, -0.15) is 0 Å². The maximum Gasteiger partial charge on any atom is 0.331 e. The molecule has 1 aliphatic carbocycles. The predicted molar refractivity (Wildman–Crippen MR) is 143 cm³/mol. The molecule has 8 atom stereocenters. The number of ketones is 2. The molecule has 0 bridgehead atoms. The van der Waals surface area contributed by atoms with E-state index in [0.717, 1.165) is 11.1 Å². The average Bonchev–Trinajstić information content (AvgIpc) is 3.27. The molecule has 0 radical (unpaired) electrons. The van der Waals surface area contributed by atoms with Crippen molar-refractivity contribution in [2.45, 2.75) is 83.8 Å². The first-order valence-electron chi connectivity index (χ1n) is 13.7. The molecule has 2 aromatic carbocycles. The van der Waals surface area contributed by atoms with E-state index >= 15 is 0 Å². The van der Waals surface area contributed by atoms with Gasteiger partial charge in [-0.1, -0.05) is 50.1 Å². The molecule has 3 unspecified atom stereocenters. The number of ether oxygens (including phenoxy) is 2. The Morgan fingerprint density at radius 3 is 2.38 bits per heavy atom. The summed E-state index contributed by atoms with van der Waals surface area (Å²) in [5.74, 6) is -1.47. The van der Waals surface area contributed by atoms with Crippen LogP contribution >= 0.6 is 0 Å². The van der Waals surface area contributed by atoms with E-state index < -0.39 is 54.5 Å². The number of esters is 1. The van der Waals surface area contributed by atoms with Crippen molar-refractivity contribution >= 4 is 23.1 Å². The molecule has 0 aromatic heterocycles. The van der Waals surface area contributed by atoms with E-state index in [0.29, 0.717) is 17.5 Å². The molecule has 2 fully saturated rings. The van der Waals surface area contributed by atoms with Gasteiger partial charge in [0.05, 0.1) is 11.7 Å². The van der Waals surface area contributed by atoms with Gasteiger partial charge in [0.1, 0.15) is 36.2 Å². The SMILES string of the molecule is CCC(C)C1C(=O)OC2c3cc(C)cc(C)c3C3=C(C(=O)c4c(cccc4[C@@H]4O[C@@H](C)[C@H](O)[C@H](O)[C@H]4O)C3=O)N21. The highest BCUT2D eigenvalue weighted by Crippen LogP contribution is 2.52. The summed E-state index contributed by atoms with van der Waals surface area (Å²) in [6, 6.07) is 7.84. The Morgan fingerprint density at radius 1 is 0.950 bits per heavy atom. The number of fused-ring (bicyclic) bond motifs is 6. The van der Waals surface area contributed by atoms with Crippen LogP contribution < -0.4 is 0 Å². The van der Waals surface area contributed by atoms with Crippen molar-refractivity contribution in [3.05, 3.63) is 75.0 Å². The van der Waals surface area contributed by atoms with E-state index in [1.807, 2.05) is 39.8 Å². The van der Waals surface area contributed by atoms with Crippen molar-refractivity contribution in [1.82, 2.24) is 4.90 Å². The zero-order valence-electron chi connectivity index (χ0n) is 23.0. The maximum atomic E-state index is 14.6. The van der Waals surface area contributed by atoms with Crippen LogP contribution in [0.1, 0.15) is 88.1 Å². The molecular weight excluding hydrogens is 514 g/mol. The normalized spacial score (nSPS) is 31.9. The van der Waals surface area contributed by atoms with Gasteiger partial charge in [-0.25, -0.2) is 4.79 Å². The van der Waals surface area contributed by atoms with Crippen molar-refractivity contribution in [3.8, 4) is 0 Å². The number of hydrogen-bond donors (Lipinski definition) is 3. The van der Waals surface area contributed by atoms with Crippen LogP contribution in [-0.2, 0) is 14.3 Å². The minimum atomic E-state index is -1.54. The molecule has 2 aromatic rings. The van der Waals surface area contributed by atoms with E-state index in [2.05, 4.69) is 0 Å². The standard InChI is InChI=1S/C31H33NO8/c1-6-13(3)22-31(38)40-30-18-11-12(2)10-14(4)19(18)21-23(32(22)30)26(35)20-16(25(21)34)8-7-9-17(20)29-28(37)27(36)24(33)15(5)39-29/h7-11,13,15,22,24,27-30,33,36-37H,6H2,1-5H3/t13?,15-,22?,24-,27-,28+,29-,30?/m0/s1.